The molecule has 2 aliphatic rings. The lowest BCUT2D eigenvalue weighted by Gasteiger charge is -2.23. The van der Waals surface area contributed by atoms with E-state index in [1.54, 1.807) is 47.5 Å². The van der Waals surface area contributed by atoms with Gasteiger partial charge in [-0.15, -0.1) is 11.3 Å². The number of fused-ring (bicyclic) bond motifs is 3. The molecule has 1 fully saturated rings. The number of anilines is 3. The summed E-state index contributed by atoms with van der Waals surface area (Å²) in [5, 5.41) is 5.71. The zero-order valence-electron chi connectivity index (χ0n) is 24.0. The molecule has 4 heterocycles. The second kappa shape index (κ2) is 12.7. The Morgan fingerprint density at radius 1 is 0.909 bits per heavy atom. The molecule has 2 aromatic carbocycles. The van der Waals surface area contributed by atoms with Gasteiger partial charge in [0.25, 0.3) is 17.7 Å². The number of hydrogen-bond acceptors (Lipinski definition) is 7. The highest BCUT2D eigenvalue weighted by molar-refractivity contribution is 7.17. The van der Waals surface area contributed by atoms with Crippen molar-refractivity contribution in [1.29, 1.82) is 0 Å². The van der Waals surface area contributed by atoms with Crippen molar-refractivity contribution in [2.75, 3.05) is 41.3 Å². The number of primary amides is 1. The van der Waals surface area contributed by atoms with Crippen molar-refractivity contribution >= 4 is 52.2 Å². The molecule has 0 spiro atoms. The number of nitrogens with two attached hydrogens (primary N) is 1. The highest BCUT2D eigenvalue weighted by Gasteiger charge is 2.28. The summed E-state index contributed by atoms with van der Waals surface area (Å²) in [7, 11) is 0. The molecule has 2 aromatic heterocycles. The quantitative estimate of drug-likeness (QED) is 0.270. The molecule has 1 saturated heterocycles. The lowest BCUT2D eigenvalue weighted by atomic mass is 10.1. The molecule has 0 saturated carbocycles. The first-order valence-corrected chi connectivity index (χ1v) is 15.4. The summed E-state index contributed by atoms with van der Waals surface area (Å²) >= 11 is 1.36. The maximum atomic E-state index is 14.0. The summed E-state index contributed by atoms with van der Waals surface area (Å²) in [6.45, 7) is 2.33. The van der Waals surface area contributed by atoms with Crippen molar-refractivity contribution < 1.29 is 19.2 Å². The van der Waals surface area contributed by atoms with Gasteiger partial charge in [0.05, 0.1) is 16.1 Å². The smallest absolute Gasteiger partial charge is 0.261 e. The van der Waals surface area contributed by atoms with Crippen LogP contribution in [0, 0.1) is 0 Å². The van der Waals surface area contributed by atoms with Crippen LogP contribution in [0.4, 0.5) is 17.2 Å². The zero-order chi connectivity index (χ0) is 30.6. The number of pyridine rings is 1. The van der Waals surface area contributed by atoms with Gasteiger partial charge in [-0.25, -0.2) is 4.98 Å². The average Bonchev–Trinajstić information content (AvgIpc) is 3.70. The fourth-order valence-corrected chi connectivity index (χ4v) is 6.81. The maximum absolute atomic E-state index is 14.0. The van der Waals surface area contributed by atoms with Crippen molar-refractivity contribution in [2.24, 2.45) is 5.73 Å². The Morgan fingerprint density at radius 3 is 2.55 bits per heavy atom. The van der Waals surface area contributed by atoms with Crippen LogP contribution < -0.4 is 26.2 Å². The SMILES string of the molecule is NC(=O)CCNC(=O)c1cc2c(s1)-c1ccccc1N(C(=O)c1cccc(NC(=O)c3cccnc3N3CCCC3)c1)CC2. The fourth-order valence-electron chi connectivity index (χ4n) is 5.64. The number of nitrogens with zero attached hydrogens (tertiary/aromatic N) is 3. The Labute approximate surface area is 258 Å². The molecule has 2 aliphatic heterocycles. The largest absolute Gasteiger partial charge is 0.370 e. The fraction of sp³-hybridized carbons (Fsp3) is 0.242. The summed E-state index contributed by atoms with van der Waals surface area (Å²) in [5.41, 5.74) is 9.24. The van der Waals surface area contributed by atoms with E-state index in [0.29, 0.717) is 40.5 Å². The molecule has 0 unspecified atom stereocenters. The van der Waals surface area contributed by atoms with E-state index in [4.69, 9.17) is 5.73 Å². The van der Waals surface area contributed by atoms with Crippen LogP contribution >= 0.6 is 11.3 Å². The monoisotopic (exact) mass is 608 g/mol. The van der Waals surface area contributed by atoms with Crippen molar-refractivity contribution in [3.63, 3.8) is 0 Å². The molecule has 11 heteroatoms. The molecular weight excluding hydrogens is 576 g/mol. The molecular formula is C33H32N6O4S. The number of para-hydroxylation sites is 1. The zero-order valence-corrected chi connectivity index (χ0v) is 24.9. The topological polar surface area (TPSA) is 138 Å². The molecule has 0 atom stereocenters. The number of carbonyl (C=O) groups excluding carboxylic acids is 4. The summed E-state index contributed by atoms with van der Waals surface area (Å²) < 4.78 is 0. The highest BCUT2D eigenvalue weighted by Crippen LogP contribution is 2.42. The van der Waals surface area contributed by atoms with Gasteiger partial charge in [0.1, 0.15) is 5.82 Å². The number of carbonyl (C=O) groups is 4. The summed E-state index contributed by atoms with van der Waals surface area (Å²) in [5.74, 6) is -0.517. The van der Waals surface area contributed by atoms with E-state index in [0.717, 1.165) is 47.6 Å². The predicted octanol–water partition coefficient (Wildman–Crippen LogP) is 4.47. The van der Waals surface area contributed by atoms with Gasteiger partial charge in [0.15, 0.2) is 0 Å². The van der Waals surface area contributed by atoms with Crippen molar-refractivity contribution in [3.05, 3.63) is 94.5 Å². The molecule has 0 aliphatic carbocycles. The molecule has 10 nitrogen and oxygen atoms in total. The maximum Gasteiger partial charge on any atom is 0.261 e. The predicted molar refractivity (Wildman–Crippen MR) is 171 cm³/mol. The Kier molecular flexibility index (Phi) is 8.38. The van der Waals surface area contributed by atoms with Crippen LogP contribution in [0.25, 0.3) is 10.4 Å². The van der Waals surface area contributed by atoms with Crippen LogP contribution in [0.15, 0.2) is 72.9 Å². The average molecular weight is 609 g/mol. The number of benzene rings is 2. The summed E-state index contributed by atoms with van der Waals surface area (Å²) in [6, 6.07) is 20.0. The van der Waals surface area contributed by atoms with E-state index >= 15 is 0 Å². The van der Waals surface area contributed by atoms with E-state index in [1.165, 1.54) is 11.3 Å². The third kappa shape index (κ3) is 6.04. The van der Waals surface area contributed by atoms with Gasteiger partial charge in [0, 0.05) is 60.5 Å². The number of hydrogen-bond donors (Lipinski definition) is 3. The van der Waals surface area contributed by atoms with Crippen LogP contribution in [0.2, 0.25) is 0 Å². The van der Waals surface area contributed by atoms with E-state index < -0.39 is 5.91 Å². The minimum atomic E-state index is -0.473. The van der Waals surface area contributed by atoms with Crippen LogP contribution in [-0.2, 0) is 11.2 Å². The second-order valence-electron chi connectivity index (χ2n) is 10.8. The molecule has 224 valence electrons. The van der Waals surface area contributed by atoms with Gasteiger partial charge in [0.2, 0.25) is 5.91 Å². The van der Waals surface area contributed by atoms with Crippen LogP contribution in [-0.4, -0.2) is 54.8 Å². The van der Waals surface area contributed by atoms with Crippen LogP contribution in [0.3, 0.4) is 0 Å². The number of amides is 4. The van der Waals surface area contributed by atoms with E-state index in [-0.39, 0.29) is 30.7 Å². The third-order valence-electron chi connectivity index (χ3n) is 7.78. The molecule has 4 amide bonds. The number of aromatic nitrogens is 1. The third-order valence-corrected chi connectivity index (χ3v) is 8.99. The molecule has 0 bridgehead atoms. The molecule has 4 aromatic rings. The lowest BCUT2D eigenvalue weighted by Crippen LogP contribution is -2.32. The van der Waals surface area contributed by atoms with Gasteiger partial charge in [-0.3, -0.25) is 19.2 Å². The number of rotatable bonds is 8. The first kappa shape index (κ1) is 29.1. The molecule has 0 radical (unpaired) electrons. The van der Waals surface area contributed by atoms with E-state index in [9.17, 15) is 19.2 Å². The van der Waals surface area contributed by atoms with Gasteiger partial charge in [-0.2, -0.15) is 0 Å². The summed E-state index contributed by atoms with van der Waals surface area (Å²) in [4.78, 5) is 60.9. The lowest BCUT2D eigenvalue weighted by molar-refractivity contribution is -0.117. The van der Waals surface area contributed by atoms with Gasteiger partial charge in [-0.1, -0.05) is 24.3 Å². The minimum absolute atomic E-state index is 0.0741. The number of thiophene rings is 1. The normalized spacial score (nSPS) is 13.9. The van der Waals surface area contributed by atoms with Crippen molar-refractivity contribution in [3.8, 4) is 10.4 Å². The van der Waals surface area contributed by atoms with E-state index in [2.05, 4.69) is 20.5 Å². The standard InChI is InChI=1S/C33H32N6O4S/c34-28(40)12-15-36-32(42)27-20-21-13-18-39(26-11-2-1-9-24(26)29(21)44-27)33(43)22-7-5-8-23(19-22)37-31(41)25-10-6-14-35-30(25)38-16-3-4-17-38/h1-2,5-11,14,19-20H,3-4,12-13,15-18H2,(H2,34,40)(H,36,42)(H,37,41). The first-order chi connectivity index (χ1) is 21.4. The molecule has 4 N–H and O–H groups in total. The van der Waals surface area contributed by atoms with Crippen LogP contribution in [0.5, 0.6) is 0 Å². The van der Waals surface area contributed by atoms with E-state index in [1.807, 2.05) is 30.3 Å². The Bertz CT molecular complexity index is 1750. The second-order valence-corrected chi connectivity index (χ2v) is 11.8. The van der Waals surface area contributed by atoms with Crippen molar-refractivity contribution in [2.45, 2.75) is 25.7 Å². The van der Waals surface area contributed by atoms with Gasteiger partial charge >= 0.3 is 0 Å². The Balaban J connectivity index is 1.22. The molecule has 44 heavy (non-hydrogen) atoms. The Hall–Kier alpha value is -5.03. The van der Waals surface area contributed by atoms with Crippen LogP contribution in [0.1, 0.15) is 55.2 Å². The molecule has 6 rings (SSSR count). The van der Waals surface area contributed by atoms with Gasteiger partial charge in [-0.05, 0) is 67.3 Å². The van der Waals surface area contributed by atoms with Gasteiger partial charge < -0.3 is 26.2 Å². The first-order valence-electron chi connectivity index (χ1n) is 14.6. The number of nitrogens with one attached hydrogen (secondary N) is 2. The Morgan fingerprint density at radius 2 is 1.73 bits per heavy atom. The summed E-state index contributed by atoms with van der Waals surface area (Å²) in [6.07, 6.45) is 4.47. The van der Waals surface area contributed by atoms with Crippen molar-refractivity contribution in [1.82, 2.24) is 10.3 Å². The minimum Gasteiger partial charge on any atom is -0.370 e. The highest BCUT2D eigenvalue weighted by atomic mass is 32.1.